The number of rotatable bonds is 3. The standard InChI is InChI=1S/C13H15N3O5/c1-21-12(19)8-2-3-16(7-8)13(20)15-10-4-9(11(17)18)5-14-6-10/h4-6,8H,2-3,7H2,1H3,(H,15,20)(H,17,18). The van der Waals surface area contributed by atoms with Crippen LogP contribution in [0.3, 0.4) is 0 Å². The number of hydrogen-bond donors (Lipinski definition) is 2. The van der Waals surface area contributed by atoms with Crippen LogP contribution in [0.4, 0.5) is 10.5 Å². The number of carboxylic acids is 1. The summed E-state index contributed by atoms with van der Waals surface area (Å²) in [5.74, 6) is -1.77. The van der Waals surface area contributed by atoms with Crippen LogP contribution in [0, 0.1) is 5.92 Å². The van der Waals surface area contributed by atoms with Crippen molar-refractivity contribution in [1.82, 2.24) is 9.88 Å². The number of carboxylic acid groups (broad SMARTS) is 1. The Balaban J connectivity index is 1.98. The van der Waals surface area contributed by atoms with Crippen LogP contribution in [0.2, 0.25) is 0 Å². The first kappa shape index (κ1) is 14.8. The van der Waals surface area contributed by atoms with Crippen LogP contribution in [-0.2, 0) is 9.53 Å². The van der Waals surface area contributed by atoms with Crippen LogP contribution in [0.25, 0.3) is 0 Å². The lowest BCUT2D eigenvalue weighted by Gasteiger charge is -2.17. The maximum absolute atomic E-state index is 12.0. The number of amides is 2. The van der Waals surface area contributed by atoms with E-state index in [1.165, 1.54) is 30.5 Å². The summed E-state index contributed by atoms with van der Waals surface area (Å²) in [5.41, 5.74) is 0.281. The number of nitrogens with zero attached hydrogens (tertiary/aromatic N) is 2. The van der Waals surface area contributed by atoms with Gasteiger partial charge in [-0.3, -0.25) is 9.78 Å². The second-order valence-electron chi connectivity index (χ2n) is 4.65. The molecular formula is C13H15N3O5. The maximum atomic E-state index is 12.0. The Bertz CT molecular complexity index is 575. The van der Waals surface area contributed by atoms with Crippen molar-refractivity contribution in [3.63, 3.8) is 0 Å². The lowest BCUT2D eigenvalue weighted by molar-refractivity contribution is -0.144. The zero-order valence-electron chi connectivity index (χ0n) is 11.4. The number of carbonyl (C=O) groups is 3. The van der Waals surface area contributed by atoms with Gasteiger partial charge in [0, 0.05) is 19.3 Å². The summed E-state index contributed by atoms with van der Waals surface area (Å²) in [5, 5.41) is 11.4. The van der Waals surface area contributed by atoms with Gasteiger partial charge in [0.2, 0.25) is 0 Å². The molecule has 112 valence electrons. The Labute approximate surface area is 120 Å². The molecule has 0 radical (unpaired) electrons. The Morgan fingerprint density at radius 3 is 2.86 bits per heavy atom. The molecule has 2 rings (SSSR count). The fourth-order valence-electron chi connectivity index (χ4n) is 2.13. The van der Waals surface area contributed by atoms with Gasteiger partial charge in [-0.15, -0.1) is 0 Å². The van der Waals surface area contributed by atoms with E-state index < -0.39 is 12.0 Å². The van der Waals surface area contributed by atoms with E-state index in [1.807, 2.05) is 0 Å². The van der Waals surface area contributed by atoms with E-state index in [4.69, 9.17) is 5.11 Å². The van der Waals surface area contributed by atoms with E-state index in [0.717, 1.165) is 0 Å². The maximum Gasteiger partial charge on any atom is 0.337 e. The average molecular weight is 293 g/mol. The van der Waals surface area contributed by atoms with Gasteiger partial charge in [-0.1, -0.05) is 0 Å². The number of methoxy groups -OCH3 is 1. The zero-order chi connectivity index (χ0) is 15.4. The highest BCUT2D eigenvalue weighted by atomic mass is 16.5. The second-order valence-corrected chi connectivity index (χ2v) is 4.65. The molecule has 1 aliphatic heterocycles. The summed E-state index contributed by atoms with van der Waals surface area (Å²) < 4.78 is 4.65. The molecule has 8 nitrogen and oxygen atoms in total. The summed E-state index contributed by atoms with van der Waals surface area (Å²) in [4.78, 5) is 39.5. The third-order valence-electron chi connectivity index (χ3n) is 3.25. The van der Waals surface area contributed by atoms with Gasteiger partial charge in [-0.25, -0.2) is 9.59 Å². The summed E-state index contributed by atoms with van der Waals surface area (Å²) in [7, 11) is 1.31. The van der Waals surface area contributed by atoms with E-state index in [9.17, 15) is 14.4 Å². The smallest absolute Gasteiger partial charge is 0.337 e. The number of nitrogens with one attached hydrogen (secondary N) is 1. The monoisotopic (exact) mass is 293 g/mol. The molecule has 0 saturated carbocycles. The molecule has 1 aliphatic rings. The number of ether oxygens (including phenoxy) is 1. The van der Waals surface area contributed by atoms with Gasteiger partial charge in [0.15, 0.2) is 0 Å². The highest BCUT2D eigenvalue weighted by molar-refractivity contribution is 5.93. The minimum Gasteiger partial charge on any atom is -0.478 e. The number of esters is 1. The van der Waals surface area contributed by atoms with E-state index in [0.29, 0.717) is 18.7 Å². The van der Waals surface area contributed by atoms with E-state index in [1.54, 1.807) is 0 Å². The molecule has 2 heterocycles. The minimum absolute atomic E-state index is 0.0124. The summed E-state index contributed by atoms with van der Waals surface area (Å²) in [6.45, 7) is 0.724. The van der Waals surface area contributed by atoms with Crippen LogP contribution in [0.5, 0.6) is 0 Å². The van der Waals surface area contributed by atoms with Crippen LogP contribution >= 0.6 is 0 Å². The minimum atomic E-state index is -1.12. The molecule has 1 aromatic rings. The van der Waals surface area contributed by atoms with Crippen molar-refractivity contribution in [3.8, 4) is 0 Å². The predicted octanol–water partition coefficient (Wildman–Crippen LogP) is 0.807. The average Bonchev–Trinajstić information content (AvgIpc) is 2.96. The van der Waals surface area contributed by atoms with Crippen LogP contribution in [0.15, 0.2) is 18.5 Å². The van der Waals surface area contributed by atoms with Gasteiger partial charge in [0.05, 0.1) is 30.5 Å². The van der Waals surface area contributed by atoms with Gasteiger partial charge in [0.1, 0.15) is 0 Å². The molecule has 0 aromatic carbocycles. The number of pyridine rings is 1. The number of carbonyl (C=O) groups excluding carboxylic acids is 2. The molecule has 1 saturated heterocycles. The number of urea groups is 1. The molecule has 0 spiro atoms. The van der Waals surface area contributed by atoms with E-state index in [-0.39, 0.29) is 24.0 Å². The van der Waals surface area contributed by atoms with Gasteiger partial charge in [0.25, 0.3) is 0 Å². The molecule has 0 aliphatic carbocycles. The van der Waals surface area contributed by atoms with Gasteiger partial charge in [-0.2, -0.15) is 0 Å². The highest BCUT2D eigenvalue weighted by Gasteiger charge is 2.31. The highest BCUT2D eigenvalue weighted by Crippen LogP contribution is 2.19. The van der Waals surface area contributed by atoms with E-state index >= 15 is 0 Å². The van der Waals surface area contributed by atoms with Gasteiger partial charge >= 0.3 is 18.0 Å². The van der Waals surface area contributed by atoms with Crippen LogP contribution in [-0.4, -0.2) is 53.2 Å². The predicted molar refractivity (Wildman–Crippen MR) is 71.9 cm³/mol. The molecule has 2 amide bonds. The first-order valence-electron chi connectivity index (χ1n) is 6.33. The molecule has 21 heavy (non-hydrogen) atoms. The van der Waals surface area contributed by atoms with Gasteiger partial charge < -0.3 is 20.1 Å². The SMILES string of the molecule is COC(=O)C1CCN(C(=O)Nc2cncc(C(=O)O)c2)C1. The topological polar surface area (TPSA) is 109 Å². The number of likely N-dealkylation sites (tertiary alicyclic amines) is 1. The summed E-state index contributed by atoms with van der Waals surface area (Å²) in [6.07, 6.45) is 3.10. The fourth-order valence-corrected chi connectivity index (χ4v) is 2.13. The fraction of sp³-hybridized carbons (Fsp3) is 0.385. The second kappa shape index (κ2) is 6.21. The molecule has 1 atom stereocenters. The molecule has 2 N–H and O–H groups in total. The lowest BCUT2D eigenvalue weighted by Crippen LogP contribution is -2.34. The number of aromatic carboxylic acids is 1. The van der Waals surface area contributed by atoms with Gasteiger partial charge in [-0.05, 0) is 12.5 Å². The number of anilines is 1. The van der Waals surface area contributed by atoms with Crippen molar-refractivity contribution < 1.29 is 24.2 Å². The third kappa shape index (κ3) is 3.47. The van der Waals surface area contributed by atoms with Crippen LogP contribution in [0.1, 0.15) is 16.8 Å². The first-order chi connectivity index (χ1) is 10.0. The van der Waals surface area contributed by atoms with Crippen molar-refractivity contribution in [1.29, 1.82) is 0 Å². The lowest BCUT2D eigenvalue weighted by atomic mass is 10.1. The largest absolute Gasteiger partial charge is 0.478 e. The third-order valence-corrected chi connectivity index (χ3v) is 3.25. The molecule has 1 fully saturated rings. The summed E-state index contributed by atoms with van der Waals surface area (Å²) in [6, 6.07) is 0.923. The Hall–Kier alpha value is -2.64. The summed E-state index contributed by atoms with van der Waals surface area (Å²) >= 11 is 0. The normalized spacial score (nSPS) is 17.4. The quantitative estimate of drug-likeness (QED) is 0.798. The van der Waals surface area contributed by atoms with E-state index in [2.05, 4.69) is 15.0 Å². The van der Waals surface area contributed by atoms with Crippen molar-refractivity contribution in [2.75, 3.05) is 25.5 Å². The van der Waals surface area contributed by atoms with Crippen molar-refractivity contribution in [3.05, 3.63) is 24.0 Å². The first-order valence-corrected chi connectivity index (χ1v) is 6.33. The zero-order valence-corrected chi connectivity index (χ0v) is 11.4. The molecular weight excluding hydrogens is 278 g/mol. The van der Waals surface area contributed by atoms with Crippen molar-refractivity contribution in [2.45, 2.75) is 6.42 Å². The molecule has 0 bridgehead atoms. The Kier molecular flexibility index (Phi) is 4.36. The molecule has 1 unspecified atom stereocenters. The number of aromatic nitrogens is 1. The van der Waals surface area contributed by atoms with Crippen molar-refractivity contribution in [2.24, 2.45) is 5.92 Å². The molecule has 8 heteroatoms. The Morgan fingerprint density at radius 2 is 2.19 bits per heavy atom. The number of hydrogen-bond acceptors (Lipinski definition) is 5. The van der Waals surface area contributed by atoms with Crippen LogP contribution < -0.4 is 5.32 Å². The molecule has 1 aromatic heterocycles. The Morgan fingerprint density at radius 1 is 1.43 bits per heavy atom. The van der Waals surface area contributed by atoms with Crippen molar-refractivity contribution >= 4 is 23.7 Å².